The summed E-state index contributed by atoms with van der Waals surface area (Å²) in [5.74, 6) is 0.739. The molecule has 0 bridgehead atoms. The Morgan fingerprint density at radius 3 is 2.78 bits per heavy atom. The van der Waals surface area contributed by atoms with Gasteiger partial charge in [0.1, 0.15) is 0 Å². The normalized spacial score (nSPS) is 11.0. The second-order valence-electron chi connectivity index (χ2n) is 4.23. The Morgan fingerprint density at radius 2 is 2.00 bits per heavy atom. The first-order valence-electron chi connectivity index (χ1n) is 5.51. The first-order valence-corrected chi connectivity index (χ1v) is 5.89. The van der Waals surface area contributed by atoms with Crippen molar-refractivity contribution < 1.29 is 0 Å². The summed E-state index contributed by atoms with van der Waals surface area (Å²) in [7, 11) is 0. The van der Waals surface area contributed by atoms with Crippen molar-refractivity contribution in [2.75, 3.05) is 5.73 Å². The number of fused-ring (bicyclic) bond motifs is 1. The van der Waals surface area contributed by atoms with Gasteiger partial charge in [0, 0.05) is 22.5 Å². The molecule has 0 amide bonds. The van der Waals surface area contributed by atoms with E-state index in [2.05, 4.69) is 10.2 Å². The standard InChI is InChI=1S/C13H11ClN4/c1-8-4-9(6-10(14)5-8)13-17-16-12-3-2-11(15)7-18(12)13/h2-7H,15H2,1H3. The molecular weight excluding hydrogens is 248 g/mol. The molecule has 0 saturated carbocycles. The molecule has 0 aliphatic rings. The molecule has 0 unspecified atom stereocenters. The van der Waals surface area contributed by atoms with E-state index in [1.807, 2.05) is 35.6 Å². The third kappa shape index (κ3) is 1.80. The molecule has 5 heteroatoms. The lowest BCUT2D eigenvalue weighted by atomic mass is 10.1. The van der Waals surface area contributed by atoms with Gasteiger partial charge in [0.15, 0.2) is 11.5 Å². The summed E-state index contributed by atoms with van der Waals surface area (Å²) in [6.45, 7) is 1.99. The largest absolute Gasteiger partial charge is 0.398 e. The molecule has 0 radical (unpaired) electrons. The molecule has 2 heterocycles. The highest BCUT2D eigenvalue weighted by Crippen LogP contribution is 2.24. The van der Waals surface area contributed by atoms with Crippen molar-refractivity contribution in [3.63, 3.8) is 0 Å². The van der Waals surface area contributed by atoms with Crippen molar-refractivity contribution in [1.82, 2.24) is 14.6 Å². The molecule has 90 valence electrons. The van der Waals surface area contributed by atoms with E-state index in [9.17, 15) is 0 Å². The van der Waals surface area contributed by atoms with E-state index in [1.54, 1.807) is 12.3 Å². The number of nitrogen functional groups attached to an aromatic ring is 1. The number of hydrogen-bond donors (Lipinski definition) is 1. The molecule has 0 spiro atoms. The molecule has 0 fully saturated rings. The Kier molecular flexibility index (Phi) is 2.45. The van der Waals surface area contributed by atoms with E-state index in [0.717, 1.165) is 22.6 Å². The van der Waals surface area contributed by atoms with Crippen LogP contribution in [0.4, 0.5) is 5.69 Å². The lowest BCUT2D eigenvalue weighted by molar-refractivity contribution is 1.11. The molecule has 2 N–H and O–H groups in total. The second kappa shape index (κ2) is 3.99. The summed E-state index contributed by atoms with van der Waals surface area (Å²) in [5.41, 5.74) is 9.23. The molecule has 0 aliphatic heterocycles. The molecule has 0 saturated heterocycles. The van der Waals surface area contributed by atoms with Crippen molar-refractivity contribution >= 4 is 22.9 Å². The SMILES string of the molecule is Cc1cc(Cl)cc(-c2nnc3ccc(N)cn23)c1. The molecule has 3 aromatic rings. The van der Waals surface area contributed by atoms with Crippen LogP contribution in [0, 0.1) is 6.92 Å². The van der Waals surface area contributed by atoms with Gasteiger partial charge in [-0.15, -0.1) is 10.2 Å². The third-order valence-corrected chi connectivity index (χ3v) is 2.94. The van der Waals surface area contributed by atoms with Crippen molar-refractivity contribution in [3.8, 4) is 11.4 Å². The molecule has 1 aromatic carbocycles. The van der Waals surface area contributed by atoms with Gasteiger partial charge >= 0.3 is 0 Å². The van der Waals surface area contributed by atoms with Crippen LogP contribution in [0.5, 0.6) is 0 Å². The summed E-state index contributed by atoms with van der Waals surface area (Å²) in [4.78, 5) is 0. The van der Waals surface area contributed by atoms with Gasteiger partial charge < -0.3 is 5.73 Å². The van der Waals surface area contributed by atoms with Gasteiger partial charge in [-0.25, -0.2) is 0 Å². The second-order valence-corrected chi connectivity index (χ2v) is 4.67. The first-order chi connectivity index (χ1) is 8.63. The van der Waals surface area contributed by atoms with Crippen LogP contribution < -0.4 is 5.73 Å². The van der Waals surface area contributed by atoms with Crippen molar-refractivity contribution in [2.24, 2.45) is 0 Å². The molecule has 4 nitrogen and oxygen atoms in total. The lowest BCUT2D eigenvalue weighted by Gasteiger charge is -2.03. The molecule has 0 atom stereocenters. The third-order valence-electron chi connectivity index (χ3n) is 2.73. The number of nitrogens with two attached hydrogens (primary N) is 1. The number of hydrogen-bond acceptors (Lipinski definition) is 3. The van der Waals surface area contributed by atoms with Crippen molar-refractivity contribution in [3.05, 3.63) is 47.1 Å². The minimum absolute atomic E-state index is 0.669. The van der Waals surface area contributed by atoms with Gasteiger partial charge in [-0.05, 0) is 42.8 Å². The average Bonchev–Trinajstić information content (AvgIpc) is 2.70. The van der Waals surface area contributed by atoms with Crippen LogP contribution in [0.1, 0.15) is 5.56 Å². The van der Waals surface area contributed by atoms with Gasteiger partial charge in [0.2, 0.25) is 0 Å². The van der Waals surface area contributed by atoms with E-state index in [4.69, 9.17) is 17.3 Å². The Bertz CT molecular complexity index is 713. The predicted octanol–water partition coefficient (Wildman–Crippen LogP) is 2.94. The Labute approximate surface area is 109 Å². The van der Waals surface area contributed by atoms with E-state index in [1.165, 1.54) is 0 Å². The van der Waals surface area contributed by atoms with Crippen LogP contribution in [0.25, 0.3) is 17.0 Å². The number of anilines is 1. The van der Waals surface area contributed by atoms with Crippen LogP contribution in [0.15, 0.2) is 36.5 Å². The fourth-order valence-electron chi connectivity index (χ4n) is 1.97. The van der Waals surface area contributed by atoms with E-state index >= 15 is 0 Å². The maximum absolute atomic E-state index is 6.07. The van der Waals surface area contributed by atoms with Gasteiger partial charge in [0.05, 0.1) is 0 Å². The van der Waals surface area contributed by atoms with E-state index in [0.29, 0.717) is 10.7 Å². The molecule has 0 aliphatic carbocycles. The van der Waals surface area contributed by atoms with Crippen LogP contribution in [0.3, 0.4) is 0 Å². The minimum atomic E-state index is 0.669. The fraction of sp³-hybridized carbons (Fsp3) is 0.0769. The Hall–Kier alpha value is -2.07. The minimum Gasteiger partial charge on any atom is -0.398 e. The summed E-state index contributed by atoms with van der Waals surface area (Å²) < 4.78 is 1.86. The van der Waals surface area contributed by atoms with E-state index < -0.39 is 0 Å². The average molecular weight is 259 g/mol. The quantitative estimate of drug-likeness (QED) is 0.730. The first kappa shape index (κ1) is 11.0. The fourth-order valence-corrected chi connectivity index (χ4v) is 2.26. The summed E-state index contributed by atoms with van der Waals surface area (Å²) in [6, 6.07) is 9.43. The number of aromatic nitrogens is 3. The summed E-state index contributed by atoms with van der Waals surface area (Å²) >= 11 is 6.07. The van der Waals surface area contributed by atoms with Gasteiger partial charge in [0.25, 0.3) is 0 Å². The lowest BCUT2D eigenvalue weighted by Crippen LogP contribution is -1.93. The predicted molar refractivity (Wildman–Crippen MR) is 72.6 cm³/mol. The number of pyridine rings is 1. The summed E-state index contributed by atoms with van der Waals surface area (Å²) in [6.07, 6.45) is 1.81. The van der Waals surface area contributed by atoms with Crippen LogP contribution in [0.2, 0.25) is 5.02 Å². The molecule has 18 heavy (non-hydrogen) atoms. The van der Waals surface area contributed by atoms with Gasteiger partial charge in [-0.3, -0.25) is 4.40 Å². The van der Waals surface area contributed by atoms with Crippen LogP contribution >= 0.6 is 11.6 Å². The van der Waals surface area contributed by atoms with E-state index in [-0.39, 0.29) is 0 Å². The molecule has 3 rings (SSSR count). The van der Waals surface area contributed by atoms with Crippen molar-refractivity contribution in [2.45, 2.75) is 6.92 Å². The van der Waals surface area contributed by atoms with Crippen LogP contribution in [-0.4, -0.2) is 14.6 Å². The monoisotopic (exact) mass is 258 g/mol. The highest BCUT2D eigenvalue weighted by molar-refractivity contribution is 6.30. The Morgan fingerprint density at radius 1 is 1.17 bits per heavy atom. The van der Waals surface area contributed by atoms with Crippen molar-refractivity contribution in [1.29, 1.82) is 0 Å². The zero-order valence-electron chi connectivity index (χ0n) is 9.76. The summed E-state index contributed by atoms with van der Waals surface area (Å²) in [5, 5.41) is 8.98. The highest BCUT2D eigenvalue weighted by atomic mass is 35.5. The zero-order chi connectivity index (χ0) is 12.7. The Balaban J connectivity index is 2.27. The number of aryl methyl sites for hydroxylation is 1. The topological polar surface area (TPSA) is 56.2 Å². The number of benzene rings is 1. The maximum Gasteiger partial charge on any atom is 0.168 e. The number of rotatable bonds is 1. The molecular formula is C13H11ClN4. The number of nitrogens with zero attached hydrogens (tertiary/aromatic N) is 3. The smallest absolute Gasteiger partial charge is 0.168 e. The number of halogens is 1. The highest BCUT2D eigenvalue weighted by Gasteiger charge is 2.09. The van der Waals surface area contributed by atoms with Crippen LogP contribution in [-0.2, 0) is 0 Å². The van der Waals surface area contributed by atoms with Gasteiger partial charge in [-0.2, -0.15) is 0 Å². The zero-order valence-corrected chi connectivity index (χ0v) is 10.5. The molecule has 2 aromatic heterocycles. The maximum atomic E-state index is 6.07. The van der Waals surface area contributed by atoms with Gasteiger partial charge in [-0.1, -0.05) is 11.6 Å².